The first-order valence-electron chi connectivity index (χ1n) is 9.90. The molecule has 2 atom stereocenters. The molecule has 1 amide bonds. The van der Waals surface area contributed by atoms with Gasteiger partial charge in [0, 0.05) is 17.6 Å². The number of carbonyl (C=O) groups excluding carboxylic acids is 1. The highest BCUT2D eigenvalue weighted by molar-refractivity contribution is 7.89. The van der Waals surface area contributed by atoms with E-state index >= 15 is 0 Å². The van der Waals surface area contributed by atoms with Gasteiger partial charge < -0.3 is 10.1 Å². The SMILES string of the molecule is COc1ccc(C(=O)NC2CCCC(C)C2)cc1S(=O)(=O)NC1CCCC1. The Hall–Kier alpha value is -1.60. The Bertz CT molecular complexity index is 772. The second kappa shape index (κ2) is 8.61. The second-order valence-corrected chi connectivity index (χ2v) is 9.59. The zero-order valence-corrected chi connectivity index (χ0v) is 17.0. The highest BCUT2D eigenvalue weighted by Gasteiger charge is 2.27. The molecule has 2 saturated carbocycles. The van der Waals surface area contributed by atoms with Crippen molar-refractivity contribution in [2.24, 2.45) is 5.92 Å². The van der Waals surface area contributed by atoms with E-state index < -0.39 is 10.0 Å². The molecule has 0 bridgehead atoms. The molecule has 27 heavy (non-hydrogen) atoms. The smallest absolute Gasteiger partial charge is 0.251 e. The molecular weight excluding hydrogens is 364 g/mol. The largest absolute Gasteiger partial charge is 0.495 e. The van der Waals surface area contributed by atoms with Gasteiger partial charge in [-0.25, -0.2) is 13.1 Å². The number of amides is 1. The van der Waals surface area contributed by atoms with Gasteiger partial charge in [-0.3, -0.25) is 4.79 Å². The molecule has 2 unspecified atom stereocenters. The molecule has 0 spiro atoms. The minimum atomic E-state index is -3.74. The predicted octanol–water partition coefficient (Wildman–Crippen LogP) is 3.22. The van der Waals surface area contributed by atoms with Crippen molar-refractivity contribution in [2.45, 2.75) is 75.3 Å². The first-order chi connectivity index (χ1) is 12.9. The number of nitrogens with one attached hydrogen (secondary N) is 2. The van der Waals surface area contributed by atoms with Gasteiger partial charge in [-0.2, -0.15) is 0 Å². The molecule has 2 aliphatic carbocycles. The number of hydrogen-bond acceptors (Lipinski definition) is 4. The van der Waals surface area contributed by atoms with Crippen LogP contribution in [0.15, 0.2) is 23.1 Å². The van der Waals surface area contributed by atoms with Crippen LogP contribution in [0.3, 0.4) is 0 Å². The maximum Gasteiger partial charge on any atom is 0.251 e. The highest BCUT2D eigenvalue weighted by atomic mass is 32.2. The van der Waals surface area contributed by atoms with Crippen LogP contribution in [0, 0.1) is 5.92 Å². The molecule has 6 nitrogen and oxygen atoms in total. The van der Waals surface area contributed by atoms with Crippen LogP contribution in [-0.2, 0) is 10.0 Å². The summed E-state index contributed by atoms with van der Waals surface area (Å²) in [5, 5.41) is 3.06. The molecule has 0 radical (unpaired) electrons. The predicted molar refractivity (Wildman–Crippen MR) is 104 cm³/mol. The van der Waals surface area contributed by atoms with Crippen molar-refractivity contribution >= 4 is 15.9 Å². The van der Waals surface area contributed by atoms with E-state index in [1.165, 1.54) is 19.6 Å². The molecule has 2 aliphatic rings. The van der Waals surface area contributed by atoms with Crippen LogP contribution in [0.2, 0.25) is 0 Å². The van der Waals surface area contributed by atoms with Crippen LogP contribution in [0.4, 0.5) is 0 Å². The molecule has 1 aromatic carbocycles. The van der Waals surface area contributed by atoms with Gasteiger partial charge in [0.25, 0.3) is 5.91 Å². The van der Waals surface area contributed by atoms with E-state index in [1.807, 2.05) is 0 Å². The third kappa shape index (κ3) is 5.02. The number of methoxy groups -OCH3 is 1. The number of ether oxygens (including phenoxy) is 1. The molecule has 2 fully saturated rings. The van der Waals surface area contributed by atoms with Crippen LogP contribution in [0.25, 0.3) is 0 Å². The summed E-state index contributed by atoms with van der Waals surface area (Å²) in [5.74, 6) is 0.629. The Morgan fingerprint density at radius 1 is 1.07 bits per heavy atom. The van der Waals surface area contributed by atoms with Crippen molar-refractivity contribution < 1.29 is 17.9 Å². The van der Waals surface area contributed by atoms with Gasteiger partial charge in [0.05, 0.1) is 7.11 Å². The molecule has 0 aromatic heterocycles. The summed E-state index contributed by atoms with van der Waals surface area (Å²) in [6.07, 6.45) is 8.02. The van der Waals surface area contributed by atoms with Gasteiger partial charge in [-0.05, 0) is 49.8 Å². The van der Waals surface area contributed by atoms with Crippen LogP contribution in [0.5, 0.6) is 5.75 Å². The van der Waals surface area contributed by atoms with E-state index in [9.17, 15) is 13.2 Å². The van der Waals surface area contributed by atoms with Gasteiger partial charge in [-0.1, -0.05) is 32.6 Å². The fourth-order valence-electron chi connectivity index (χ4n) is 4.19. The lowest BCUT2D eigenvalue weighted by molar-refractivity contribution is 0.0921. The minimum absolute atomic E-state index is 0.0292. The van der Waals surface area contributed by atoms with Crippen molar-refractivity contribution in [3.8, 4) is 5.75 Å². The third-order valence-corrected chi connectivity index (χ3v) is 7.21. The number of rotatable bonds is 6. The zero-order chi connectivity index (χ0) is 19.4. The van der Waals surface area contributed by atoms with Gasteiger partial charge in [0.2, 0.25) is 10.0 Å². The van der Waals surface area contributed by atoms with Crippen molar-refractivity contribution in [1.29, 1.82) is 0 Å². The Balaban J connectivity index is 1.79. The van der Waals surface area contributed by atoms with E-state index in [1.54, 1.807) is 12.1 Å². The summed E-state index contributed by atoms with van der Waals surface area (Å²) < 4.78 is 33.7. The fraction of sp³-hybridized carbons (Fsp3) is 0.650. The van der Waals surface area contributed by atoms with Crippen LogP contribution in [0.1, 0.15) is 68.6 Å². The molecule has 0 heterocycles. The molecule has 0 aliphatic heterocycles. The van der Waals surface area contributed by atoms with Gasteiger partial charge in [0.1, 0.15) is 10.6 Å². The number of sulfonamides is 1. The summed E-state index contributed by atoms with van der Waals surface area (Å²) in [4.78, 5) is 12.7. The summed E-state index contributed by atoms with van der Waals surface area (Å²) in [5.41, 5.74) is 0.348. The second-order valence-electron chi connectivity index (χ2n) is 7.91. The monoisotopic (exact) mass is 394 g/mol. The minimum Gasteiger partial charge on any atom is -0.495 e. The topological polar surface area (TPSA) is 84.5 Å². The zero-order valence-electron chi connectivity index (χ0n) is 16.2. The third-order valence-electron chi connectivity index (χ3n) is 5.66. The molecule has 1 aromatic rings. The Morgan fingerprint density at radius 3 is 2.44 bits per heavy atom. The molecule has 3 rings (SSSR count). The normalized spacial score (nSPS) is 23.9. The quantitative estimate of drug-likeness (QED) is 0.776. The summed E-state index contributed by atoms with van der Waals surface area (Å²) in [7, 11) is -2.30. The van der Waals surface area contributed by atoms with Crippen molar-refractivity contribution in [3.63, 3.8) is 0 Å². The summed E-state index contributed by atoms with van der Waals surface area (Å²) in [6.45, 7) is 2.20. The number of hydrogen-bond donors (Lipinski definition) is 2. The highest BCUT2D eigenvalue weighted by Crippen LogP contribution is 2.28. The van der Waals surface area contributed by atoms with Crippen molar-refractivity contribution in [1.82, 2.24) is 10.0 Å². The molecular formula is C20H30N2O4S. The van der Waals surface area contributed by atoms with Gasteiger partial charge in [0.15, 0.2) is 0 Å². The lowest BCUT2D eigenvalue weighted by Crippen LogP contribution is -2.38. The number of carbonyl (C=O) groups is 1. The summed E-state index contributed by atoms with van der Waals surface area (Å²) >= 11 is 0. The maximum atomic E-state index is 12.9. The summed E-state index contributed by atoms with van der Waals surface area (Å²) in [6, 6.07) is 4.72. The Morgan fingerprint density at radius 2 is 1.78 bits per heavy atom. The van der Waals surface area contributed by atoms with Crippen molar-refractivity contribution in [2.75, 3.05) is 7.11 Å². The molecule has 0 saturated heterocycles. The average molecular weight is 395 g/mol. The first kappa shape index (κ1) is 20.1. The van der Waals surface area contributed by atoms with Gasteiger partial charge in [-0.15, -0.1) is 0 Å². The fourth-order valence-corrected chi connectivity index (χ4v) is 5.69. The van der Waals surface area contributed by atoms with Gasteiger partial charge >= 0.3 is 0 Å². The standard InChI is InChI=1S/C20H30N2O4S/c1-14-6-5-9-17(12-14)21-20(23)15-10-11-18(26-2)19(13-15)27(24,25)22-16-7-3-4-8-16/h10-11,13-14,16-17,22H,3-9,12H2,1-2H3,(H,21,23). The van der Waals surface area contributed by atoms with Crippen LogP contribution in [-0.4, -0.2) is 33.5 Å². The first-order valence-corrected chi connectivity index (χ1v) is 11.4. The van der Waals surface area contributed by atoms with E-state index in [4.69, 9.17) is 4.74 Å². The lowest BCUT2D eigenvalue weighted by Gasteiger charge is -2.27. The van der Waals surface area contributed by atoms with Crippen LogP contribution >= 0.6 is 0 Å². The van der Waals surface area contributed by atoms with E-state index in [0.717, 1.165) is 44.9 Å². The van der Waals surface area contributed by atoms with E-state index in [2.05, 4.69) is 17.0 Å². The Labute approximate surface area is 162 Å². The average Bonchev–Trinajstić information content (AvgIpc) is 3.13. The lowest BCUT2D eigenvalue weighted by atomic mass is 9.87. The molecule has 150 valence electrons. The van der Waals surface area contributed by atoms with E-state index in [-0.39, 0.29) is 28.6 Å². The van der Waals surface area contributed by atoms with E-state index in [0.29, 0.717) is 11.5 Å². The molecule has 7 heteroatoms. The molecule has 2 N–H and O–H groups in total. The van der Waals surface area contributed by atoms with Crippen LogP contribution < -0.4 is 14.8 Å². The number of benzene rings is 1. The maximum absolute atomic E-state index is 12.9. The van der Waals surface area contributed by atoms with Crippen molar-refractivity contribution in [3.05, 3.63) is 23.8 Å². The Kier molecular flexibility index (Phi) is 6.42.